The lowest BCUT2D eigenvalue weighted by atomic mass is 10.1. The molecule has 1 fully saturated rings. The summed E-state index contributed by atoms with van der Waals surface area (Å²) in [5.41, 5.74) is 2.64. The third kappa shape index (κ3) is 1.94. The molecular weight excluding hydrogens is 242 g/mol. The highest BCUT2D eigenvalue weighted by atomic mass is 16.4. The summed E-state index contributed by atoms with van der Waals surface area (Å²) in [5, 5.41) is 3.42. The summed E-state index contributed by atoms with van der Waals surface area (Å²) in [6.07, 6.45) is 0. The third-order valence-corrected chi connectivity index (χ3v) is 3.90. The van der Waals surface area contributed by atoms with E-state index in [4.69, 9.17) is 4.42 Å². The Hall–Kier alpha value is -1.75. The number of oxazole rings is 1. The molecule has 1 aliphatic rings. The van der Waals surface area contributed by atoms with Crippen molar-refractivity contribution in [2.45, 2.75) is 25.9 Å². The van der Waals surface area contributed by atoms with Gasteiger partial charge in [-0.2, -0.15) is 0 Å². The van der Waals surface area contributed by atoms with E-state index in [2.05, 4.69) is 24.1 Å². The highest BCUT2D eigenvalue weighted by Crippen LogP contribution is 2.25. The number of aryl methyl sites for hydroxylation is 1. The first-order valence-electron chi connectivity index (χ1n) is 6.66. The molecule has 2 heterocycles. The minimum atomic E-state index is -0.312. The number of nitrogens with zero attached hydrogens (tertiary/aromatic N) is 2. The van der Waals surface area contributed by atoms with Crippen LogP contribution in [0.5, 0.6) is 0 Å². The number of hydrogen-bond donors (Lipinski definition) is 1. The maximum atomic E-state index is 11.5. The van der Waals surface area contributed by atoms with Gasteiger partial charge in [-0.1, -0.05) is 0 Å². The van der Waals surface area contributed by atoms with Gasteiger partial charge >= 0.3 is 5.76 Å². The number of fused-ring (bicyclic) bond motifs is 1. The Morgan fingerprint density at radius 3 is 2.63 bits per heavy atom. The van der Waals surface area contributed by atoms with E-state index >= 15 is 0 Å². The molecule has 2 aromatic rings. The number of nitrogens with one attached hydrogen (secondary N) is 1. The van der Waals surface area contributed by atoms with Crippen LogP contribution in [0.4, 0.5) is 5.69 Å². The van der Waals surface area contributed by atoms with Crippen LogP contribution >= 0.6 is 0 Å². The first kappa shape index (κ1) is 12.3. The number of aromatic nitrogens is 1. The van der Waals surface area contributed by atoms with E-state index in [-0.39, 0.29) is 5.76 Å². The average molecular weight is 261 g/mol. The molecule has 0 spiro atoms. The molecule has 2 unspecified atom stereocenters. The Labute approximate surface area is 111 Å². The quantitative estimate of drug-likeness (QED) is 0.841. The molecule has 1 aromatic heterocycles. The smallest absolute Gasteiger partial charge is 0.408 e. The molecule has 1 N–H and O–H groups in total. The van der Waals surface area contributed by atoms with Crippen molar-refractivity contribution in [2.75, 3.05) is 18.0 Å². The van der Waals surface area contributed by atoms with Crippen molar-refractivity contribution in [1.82, 2.24) is 9.88 Å². The fraction of sp³-hybridized carbons (Fsp3) is 0.500. The van der Waals surface area contributed by atoms with Crippen molar-refractivity contribution in [3.05, 3.63) is 28.7 Å². The number of rotatable bonds is 1. The second-order valence-corrected chi connectivity index (χ2v) is 5.34. The number of anilines is 1. The average Bonchev–Trinajstić information content (AvgIpc) is 2.65. The van der Waals surface area contributed by atoms with Crippen LogP contribution in [0.25, 0.3) is 11.1 Å². The SMILES string of the molecule is CC1CNCC(C)N1c1ccc2oc(=O)n(C)c2c1. The lowest BCUT2D eigenvalue weighted by Gasteiger charge is -2.41. The van der Waals surface area contributed by atoms with Gasteiger partial charge in [-0.3, -0.25) is 4.57 Å². The van der Waals surface area contributed by atoms with Crippen molar-refractivity contribution in [3.8, 4) is 0 Å². The van der Waals surface area contributed by atoms with Gasteiger partial charge in [-0.25, -0.2) is 4.79 Å². The predicted octanol–water partition coefficient (Wildman–Crippen LogP) is 1.32. The van der Waals surface area contributed by atoms with E-state index in [0.29, 0.717) is 17.7 Å². The topological polar surface area (TPSA) is 50.4 Å². The summed E-state index contributed by atoms with van der Waals surface area (Å²) in [6, 6.07) is 6.82. The molecule has 1 aromatic carbocycles. The molecule has 19 heavy (non-hydrogen) atoms. The molecule has 0 saturated carbocycles. The molecule has 0 amide bonds. The zero-order valence-electron chi connectivity index (χ0n) is 11.5. The Bertz CT molecular complexity index is 648. The minimum absolute atomic E-state index is 0.312. The van der Waals surface area contributed by atoms with Crippen molar-refractivity contribution < 1.29 is 4.42 Å². The third-order valence-electron chi connectivity index (χ3n) is 3.90. The van der Waals surface area contributed by atoms with Crippen LogP contribution in [0.1, 0.15) is 13.8 Å². The van der Waals surface area contributed by atoms with Crippen LogP contribution in [0.3, 0.4) is 0 Å². The van der Waals surface area contributed by atoms with E-state index < -0.39 is 0 Å². The van der Waals surface area contributed by atoms with Gasteiger partial charge in [0.1, 0.15) is 0 Å². The Morgan fingerprint density at radius 2 is 1.95 bits per heavy atom. The van der Waals surface area contributed by atoms with E-state index in [0.717, 1.165) is 24.3 Å². The highest BCUT2D eigenvalue weighted by Gasteiger charge is 2.25. The van der Waals surface area contributed by atoms with Crippen molar-refractivity contribution in [3.63, 3.8) is 0 Å². The van der Waals surface area contributed by atoms with Crippen LogP contribution in [0.15, 0.2) is 27.4 Å². The van der Waals surface area contributed by atoms with E-state index in [1.807, 2.05) is 18.2 Å². The molecule has 1 saturated heterocycles. The minimum Gasteiger partial charge on any atom is -0.408 e. The van der Waals surface area contributed by atoms with Gasteiger partial charge in [0.25, 0.3) is 0 Å². The Balaban J connectivity index is 2.09. The summed E-state index contributed by atoms with van der Waals surface area (Å²) in [7, 11) is 1.74. The summed E-state index contributed by atoms with van der Waals surface area (Å²) in [6.45, 7) is 6.38. The van der Waals surface area contributed by atoms with E-state index in [1.54, 1.807) is 11.6 Å². The van der Waals surface area contributed by atoms with Gasteiger partial charge in [-0.15, -0.1) is 0 Å². The van der Waals surface area contributed by atoms with Crippen LogP contribution < -0.4 is 16.0 Å². The lowest BCUT2D eigenvalue weighted by Crippen LogP contribution is -2.55. The molecule has 3 rings (SSSR count). The summed E-state index contributed by atoms with van der Waals surface area (Å²) in [5.74, 6) is -0.312. The highest BCUT2D eigenvalue weighted by molar-refractivity contribution is 5.78. The monoisotopic (exact) mass is 261 g/mol. The van der Waals surface area contributed by atoms with Crippen LogP contribution in [-0.2, 0) is 7.05 Å². The first-order valence-corrected chi connectivity index (χ1v) is 6.66. The molecule has 0 bridgehead atoms. The fourth-order valence-electron chi connectivity index (χ4n) is 2.92. The second-order valence-electron chi connectivity index (χ2n) is 5.34. The Kier molecular flexibility index (Phi) is 2.86. The van der Waals surface area contributed by atoms with Crippen LogP contribution in [-0.4, -0.2) is 29.7 Å². The normalized spacial score (nSPS) is 24.1. The Morgan fingerprint density at radius 1 is 1.26 bits per heavy atom. The molecule has 0 radical (unpaired) electrons. The van der Waals surface area contributed by atoms with Crippen molar-refractivity contribution in [1.29, 1.82) is 0 Å². The fourth-order valence-corrected chi connectivity index (χ4v) is 2.92. The zero-order valence-corrected chi connectivity index (χ0v) is 11.5. The number of piperazine rings is 1. The number of benzene rings is 1. The standard InChI is InChI=1S/C14H19N3O2/c1-9-7-15-8-10(2)17(9)11-4-5-13-12(6-11)16(3)14(18)19-13/h4-6,9-10,15H,7-8H2,1-3H3. The first-order chi connectivity index (χ1) is 9.08. The second kappa shape index (κ2) is 4.42. The van der Waals surface area contributed by atoms with Crippen molar-refractivity contribution >= 4 is 16.8 Å². The van der Waals surface area contributed by atoms with Crippen LogP contribution in [0, 0.1) is 0 Å². The molecule has 102 valence electrons. The molecule has 2 atom stereocenters. The predicted molar refractivity (Wildman–Crippen MR) is 75.7 cm³/mol. The van der Waals surface area contributed by atoms with Crippen LogP contribution in [0.2, 0.25) is 0 Å². The van der Waals surface area contributed by atoms with Gasteiger partial charge in [0.15, 0.2) is 5.58 Å². The molecule has 5 nitrogen and oxygen atoms in total. The summed E-state index contributed by atoms with van der Waals surface area (Å²) < 4.78 is 6.72. The number of hydrogen-bond acceptors (Lipinski definition) is 4. The maximum Gasteiger partial charge on any atom is 0.419 e. The van der Waals surface area contributed by atoms with Gasteiger partial charge in [-0.05, 0) is 32.0 Å². The van der Waals surface area contributed by atoms with E-state index in [9.17, 15) is 4.79 Å². The van der Waals surface area contributed by atoms with Gasteiger partial charge in [0.2, 0.25) is 0 Å². The van der Waals surface area contributed by atoms with Gasteiger partial charge < -0.3 is 14.6 Å². The molecular formula is C14H19N3O2. The van der Waals surface area contributed by atoms with Gasteiger partial charge in [0, 0.05) is 37.9 Å². The molecule has 0 aliphatic carbocycles. The largest absolute Gasteiger partial charge is 0.419 e. The van der Waals surface area contributed by atoms with Gasteiger partial charge in [0.05, 0.1) is 5.52 Å². The molecule has 5 heteroatoms. The lowest BCUT2D eigenvalue weighted by molar-refractivity contribution is 0.432. The van der Waals surface area contributed by atoms with E-state index in [1.165, 1.54) is 0 Å². The molecule has 1 aliphatic heterocycles. The summed E-state index contributed by atoms with van der Waals surface area (Å²) in [4.78, 5) is 13.9. The van der Waals surface area contributed by atoms with Crippen molar-refractivity contribution in [2.24, 2.45) is 7.05 Å². The zero-order chi connectivity index (χ0) is 13.6. The summed E-state index contributed by atoms with van der Waals surface area (Å²) >= 11 is 0. The maximum absolute atomic E-state index is 11.5.